The largest absolute Gasteiger partial charge is 0.297 e. The molecule has 0 aliphatic carbocycles. The number of halogens is 2. The number of piperidine rings is 1. The molecule has 2 heterocycles. The van der Waals surface area contributed by atoms with E-state index in [0.29, 0.717) is 0 Å². The summed E-state index contributed by atoms with van der Waals surface area (Å²) in [5.41, 5.74) is 2.15. The average molecular weight is 262 g/mol. The van der Waals surface area contributed by atoms with Gasteiger partial charge in [0.25, 0.3) is 0 Å². The molecule has 1 aromatic rings. The van der Waals surface area contributed by atoms with Crippen molar-refractivity contribution in [1.82, 2.24) is 14.7 Å². The number of nitrogens with zero attached hydrogens (tertiary/aromatic N) is 3. The lowest BCUT2D eigenvalue weighted by Crippen LogP contribution is -2.35. The van der Waals surface area contributed by atoms with E-state index < -0.39 is 0 Å². The highest BCUT2D eigenvalue weighted by Crippen LogP contribution is 2.23. The van der Waals surface area contributed by atoms with Crippen LogP contribution in [0.15, 0.2) is 0 Å². The predicted molar refractivity (Wildman–Crippen MR) is 67.1 cm³/mol. The predicted octanol–water partition coefficient (Wildman–Crippen LogP) is 2.59. The molecule has 0 spiro atoms. The number of hydrogen-bond acceptors (Lipinski definition) is 2. The summed E-state index contributed by atoms with van der Waals surface area (Å²) in [5, 5.41) is 5.35. The number of alkyl halides is 1. The van der Waals surface area contributed by atoms with Gasteiger partial charge < -0.3 is 0 Å². The maximum Gasteiger partial charge on any atom is 0.131 e. The summed E-state index contributed by atoms with van der Waals surface area (Å²) in [6, 6.07) is 0. The number of aromatic nitrogens is 2. The molecule has 1 fully saturated rings. The van der Waals surface area contributed by atoms with E-state index in [0.717, 1.165) is 42.5 Å². The molecule has 0 aromatic carbocycles. The van der Waals surface area contributed by atoms with Crippen molar-refractivity contribution in [1.29, 1.82) is 0 Å². The Bertz CT molecular complexity index is 376. The second-order valence-electron chi connectivity index (χ2n) is 4.45. The number of likely N-dealkylation sites (tertiary alicyclic amines) is 1. The van der Waals surface area contributed by atoms with Crippen LogP contribution in [0.1, 0.15) is 24.1 Å². The second kappa shape index (κ2) is 4.94. The Hall–Kier alpha value is -0.250. The molecule has 1 aliphatic heterocycles. The van der Waals surface area contributed by atoms with E-state index in [1.54, 1.807) is 4.68 Å². The SMILES string of the molecule is Cc1nn(C)c(Cl)c1CN1CCCC(Cl)C1. The van der Waals surface area contributed by atoms with E-state index >= 15 is 0 Å². The van der Waals surface area contributed by atoms with Gasteiger partial charge >= 0.3 is 0 Å². The zero-order valence-electron chi connectivity index (χ0n) is 9.71. The van der Waals surface area contributed by atoms with Crippen LogP contribution in [0.4, 0.5) is 0 Å². The van der Waals surface area contributed by atoms with Crippen molar-refractivity contribution < 1.29 is 0 Å². The average Bonchev–Trinajstić information content (AvgIpc) is 2.45. The molecule has 1 saturated heterocycles. The minimum atomic E-state index is 0.282. The Morgan fingerprint density at radius 3 is 2.81 bits per heavy atom. The Balaban J connectivity index is 2.08. The van der Waals surface area contributed by atoms with Crippen LogP contribution in [0.3, 0.4) is 0 Å². The van der Waals surface area contributed by atoms with Gasteiger partial charge in [-0.25, -0.2) is 0 Å². The van der Waals surface area contributed by atoms with Gasteiger partial charge in [-0.3, -0.25) is 9.58 Å². The van der Waals surface area contributed by atoms with Gasteiger partial charge in [-0.05, 0) is 26.3 Å². The summed E-state index contributed by atoms with van der Waals surface area (Å²) in [4.78, 5) is 2.36. The Morgan fingerprint density at radius 1 is 1.50 bits per heavy atom. The lowest BCUT2D eigenvalue weighted by atomic mass is 10.1. The van der Waals surface area contributed by atoms with Crippen LogP contribution in [0, 0.1) is 6.92 Å². The lowest BCUT2D eigenvalue weighted by molar-refractivity contribution is 0.224. The first-order valence-electron chi connectivity index (χ1n) is 5.62. The Kier molecular flexibility index (Phi) is 3.77. The quantitative estimate of drug-likeness (QED) is 0.764. The highest BCUT2D eigenvalue weighted by atomic mass is 35.5. The summed E-state index contributed by atoms with van der Waals surface area (Å²) < 4.78 is 1.73. The fraction of sp³-hybridized carbons (Fsp3) is 0.727. The molecule has 0 amide bonds. The zero-order valence-corrected chi connectivity index (χ0v) is 11.2. The summed E-state index contributed by atoms with van der Waals surface area (Å²) in [6.45, 7) is 4.92. The molecule has 1 aliphatic rings. The van der Waals surface area contributed by atoms with Crippen LogP contribution in [-0.4, -0.2) is 33.1 Å². The molecule has 5 heteroatoms. The fourth-order valence-corrected chi connectivity index (χ4v) is 2.80. The molecule has 16 heavy (non-hydrogen) atoms. The van der Waals surface area contributed by atoms with Gasteiger partial charge in [0.1, 0.15) is 5.15 Å². The van der Waals surface area contributed by atoms with Gasteiger partial charge in [-0.15, -0.1) is 11.6 Å². The van der Waals surface area contributed by atoms with Crippen LogP contribution in [0.5, 0.6) is 0 Å². The zero-order chi connectivity index (χ0) is 11.7. The number of hydrogen-bond donors (Lipinski definition) is 0. The molecule has 1 unspecified atom stereocenters. The van der Waals surface area contributed by atoms with E-state index in [-0.39, 0.29) is 5.38 Å². The smallest absolute Gasteiger partial charge is 0.131 e. The maximum absolute atomic E-state index is 6.21. The monoisotopic (exact) mass is 261 g/mol. The first-order chi connectivity index (χ1) is 7.58. The molecular weight excluding hydrogens is 245 g/mol. The third kappa shape index (κ3) is 2.53. The van der Waals surface area contributed by atoms with Gasteiger partial charge in [0.2, 0.25) is 0 Å². The second-order valence-corrected chi connectivity index (χ2v) is 5.43. The summed E-state index contributed by atoms with van der Waals surface area (Å²) in [5.74, 6) is 0. The van der Waals surface area contributed by atoms with Crippen LogP contribution >= 0.6 is 23.2 Å². The molecule has 3 nitrogen and oxygen atoms in total. The van der Waals surface area contributed by atoms with Gasteiger partial charge in [0.05, 0.1) is 5.69 Å². The Morgan fingerprint density at radius 2 is 2.25 bits per heavy atom. The lowest BCUT2D eigenvalue weighted by Gasteiger charge is -2.29. The van der Waals surface area contributed by atoms with Crippen LogP contribution in [0.25, 0.3) is 0 Å². The first kappa shape index (κ1) is 12.2. The molecule has 1 aromatic heterocycles. The normalized spacial score (nSPS) is 22.6. The highest BCUT2D eigenvalue weighted by Gasteiger charge is 2.20. The van der Waals surface area contributed by atoms with E-state index in [9.17, 15) is 0 Å². The summed E-state index contributed by atoms with van der Waals surface area (Å²) in [6.07, 6.45) is 2.29. The molecule has 1 atom stereocenters. The first-order valence-corrected chi connectivity index (χ1v) is 6.43. The van der Waals surface area contributed by atoms with Gasteiger partial charge in [-0.2, -0.15) is 5.10 Å². The van der Waals surface area contributed by atoms with Crippen molar-refractivity contribution in [3.05, 3.63) is 16.4 Å². The highest BCUT2D eigenvalue weighted by molar-refractivity contribution is 6.30. The fourth-order valence-electron chi connectivity index (χ4n) is 2.22. The van der Waals surface area contributed by atoms with Gasteiger partial charge in [0, 0.05) is 31.1 Å². The molecule has 0 bridgehead atoms. The van der Waals surface area contributed by atoms with Crippen molar-refractivity contribution in [3.8, 4) is 0 Å². The molecule has 2 rings (SSSR count). The third-order valence-corrected chi connectivity index (χ3v) is 3.93. The van der Waals surface area contributed by atoms with E-state index in [4.69, 9.17) is 23.2 Å². The summed E-state index contributed by atoms with van der Waals surface area (Å²) in [7, 11) is 1.87. The van der Waals surface area contributed by atoms with Crippen molar-refractivity contribution in [3.63, 3.8) is 0 Å². The Labute approximate surface area is 106 Å². The van der Waals surface area contributed by atoms with E-state index in [1.165, 1.54) is 6.42 Å². The standard InChI is InChI=1S/C11H17Cl2N3/c1-8-10(11(13)15(2)14-8)7-16-5-3-4-9(12)6-16/h9H,3-7H2,1-2H3. The van der Waals surface area contributed by atoms with Crippen LogP contribution < -0.4 is 0 Å². The van der Waals surface area contributed by atoms with Crippen molar-refractivity contribution >= 4 is 23.2 Å². The third-order valence-electron chi connectivity index (χ3n) is 3.10. The summed E-state index contributed by atoms with van der Waals surface area (Å²) >= 11 is 12.4. The van der Waals surface area contributed by atoms with E-state index in [2.05, 4.69) is 10.00 Å². The maximum atomic E-state index is 6.21. The van der Waals surface area contributed by atoms with Gasteiger partial charge in [-0.1, -0.05) is 11.6 Å². The molecule has 0 saturated carbocycles. The number of aryl methyl sites for hydroxylation is 2. The molecule has 0 N–H and O–H groups in total. The van der Waals surface area contributed by atoms with Gasteiger partial charge in [0.15, 0.2) is 0 Å². The van der Waals surface area contributed by atoms with Crippen molar-refractivity contribution in [2.45, 2.75) is 31.7 Å². The van der Waals surface area contributed by atoms with Crippen molar-refractivity contribution in [2.24, 2.45) is 7.05 Å². The van der Waals surface area contributed by atoms with Crippen molar-refractivity contribution in [2.75, 3.05) is 13.1 Å². The minimum Gasteiger partial charge on any atom is -0.297 e. The molecular formula is C11H17Cl2N3. The van der Waals surface area contributed by atoms with Crippen LogP contribution in [-0.2, 0) is 13.6 Å². The number of rotatable bonds is 2. The topological polar surface area (TPSA) is 21.1 Å². The van der Waals surface area contributed by atoms with E-state index in [1.807, 2.05) is 14.0 Å². The van der Waals surface area contributed by atoms with Crippen LogP contribution in [0.2, 0.25) is 5.15 Å². The molecule has 0 radical (unpaired) electrons. The molecule has 90 valence electrons. The minimum absolute atomic E-state index is 0.282.